The first-order valence-electron chi connectivity index (χ1n) is 6.05. The van der Waals surface area contributed by atoms with Crippen molar-refractivity contribution in [3.63, 3.8) is 0 Å². The first kappa shape index (κ1) is 12.3. The Hall–Kier alpha value is -0.780. The number of nitrogens with two attached hydrogens (primary N) is 1. The molecule has 98 valence electrons. The highest BCUT2D eigenvalue weighted by molar-refractivity contribution is 7.89. The summed E-state index contributed by atoms with van der Waals surface area (Å²) in [4.78, 5) is 0.180. The van der Waals surface area contributed by atoms with Crippen LogP contribution in [0.25, 0.3) is 0 Å². The molecule has 1 aromatic carbocycles. The van der Waals surface area contributed by atoms with Gasteiger partial charge in [0.15, 0.2) is 0 Å². The molecule has 6 heteroatoms. The average molecular weight is 287 g/mol. The minimum Gasteiger partial charge on any atom is -0.398 e. The molecule has 0 amide bonds. The molecule has 2 bridgehead atoms. The van der Waals surface area contributed by atoms with Gasteiger partial charge in [0.05, 0.1) is 5.69 Å². The van der Waals surface area contributed by atoms with Crippen LogP contribution >= 0.6 is 11.6 Å². The van der Waals surface area contributed by atoms with Crippen LogP contribution in [0.15, 0.2) is 23.1 Å². The zero-order valence-corrected chi connectivity index (χ0v) is 11.4. The largest absolute Gasteiger partial charge is 0.398 e. The highest BCUT2D eigenvalue weighted by atomic mass is 35.5. The summed E-state index contributed by atoms with van der Waals surface area (Å²) in [5.74, 6) is 0.526. The summed E-state index contributed by atoms with van der Waals surface area (Å²) in [7, 11) is -3.47. The number of nitrogens with zero attached hydrogens (tertiary/aromatic N) is 1. The van der Waals surface area contributed by atoms with Crippen molar-refractivity contribution in [3.8, 4) is 0 Å². The third-order valence-corrected chi connectivity index (χ3v) is 6.14. The normalized spacial score (nSPS) is 27.8. The molecule has 0 aromatic heterocycles. The molecular weight excluding hydrogens is 272 g/mol. The molecule has 3 rings (SSSR count). The zero-order chi connectivity index (χ0) is 12.9. The Morgan fingerprint density at radius 2 is 2.11 bits per heavy atom. The lowest BCUT2D eigenvalue weighted by atomic mass is 10.1. The number of halogens is 1. The molecule has 0 spiro atoms. The van der Waals surface area contributed by atoms with E-state index in [-0.39, 0.29) is 16.6 Å². The molecule has 4 nitrogen and oxygen atoms in total. The summed E-state index contributed by atoms with van der Waals surface area (Å²) in [5, 5.41) is 0.453. The number of anilines is 1. The van der Waals surface area contributed by atoms with E-state index in [4.69, 9.17) is 17.3 Å². The molecule has 2 N–H and O–H groups in total. The number of benzene rings is 1. The van der Waals surface area contributed by atoms with Gasteiger partial charge in [-0.15, -0.1) is 0 Å². The quantitative estimate of drug-likeness (QED) is 0.847. The SMILES string of the molecule is Nc1cc(Cl)ccc1S(=O)(=O)N1CC2CCC1C2. The topological polar surface area (TPSA) is 63.4 Å². The predicted molar refractivity (Wildman–Crippen MR) is 70.9 cm³/mol. The van der Waals surface area contributed by atoms with Gasteiger partial charge in [0, 0.05) is 17.6 Å². The molecule has 1 saturated heterocycles. The van der Waals surface area contributed by atoms with Gasteiger partial charge in [-0.05, 0) is 43.4 Å². The summed E-state index contributed by atoms with van der Waals surface area (Å²) in [6.45, 7) is 0.634. The summed E-state index contributed by atoms with van der Waals surface area (Å²) < 4.78 is 26.7. The van der Waals surface area contributed by atoms with E-state index in [1.807, 2.05) is 0 Å². The van der Waals surface area contributed by atoms with Crippen LogP contribution in [-0.2, 0) is 10.0 Å². The van der Waals surface area contributed by atoms with Crippen LogP contribution < -0.4 is 5.73 Å². The van der Waals surface area contributed by atoms with E-state index in [1.165, 1.54) is 12.1 Å². The van der Waals surface area contributed by atoms with E-state index in [0.717, 1.165) is 19.3 Å². The molecule has 0 radical (unpaired) electrons. The second-order valence-corrected chi connectivity index (χ2v) is 7.39. The molecule has 18 heavy (non-hydrogen) atoms. The Kier molecular flexibility index (Phi) is 2.80. The second kappa shape index (κ2) is 4.11. The monoisotopic (exact) mass is 286 g/mol. The lowest BCUT2D eigenvalue weighted by Crippen LogP contribution is -2.37. The van der Waals surface area contributed by atoms with Gasteiger partial charge in [-0.1, -0.05) is 11.6 Å². The van der Waals surface area contributed by atoms with Gasteiger partial charge in [-0.3, -0.25) is 0 Å². The standard InChI is InChI=1S/C12H15ClN2O2S/c13-9-2-4-12(11(14)6-9)18(16,17)15-7-8-1-3-10(15)5-8/h2,4,6,8,10H,1,3,5,7,14H2. The fourth-order valence-electron chi connectivity index (χ4n) is 3.05. The van der Waals surface area contributed by atoms with Crippen LogP contribution in [0, 0.1) is 5.92 Å². The number of sulfonamides is 1. The van der Waals surface area contributed by atoms with Crippen molar-refractivity contribution in [2.45, 2.75) is 30.2 Å². The predicted octanol–water partition coefficient (Wildman–Crippen LogP) is 2.10. The van der Waals surface area contributed by atoms with Crippen LogP contribution in [0.4, 0.5) is 5.69 Å². The van der Waals surface area contributed by atoms with Crippen molar-refractivity contribution in [1.29, 1.82) is 0 Å². The van der Waals surface area contributed by atoms with Crippen LogP contribution in [-0.4, -0.2) is 25.3 Å². The van der Waals surface area contributed by atoms with Gasteiger partial charge in [-0.25, -0.2) is 8.42 Å². The Labute approximate surface area is 112 Å². The molecule has 2 unspecified atom stereocenters. The number of hydrogen-bond donors (Lipinski definition) is 1. The molecule has 1 aliphatic carbocycles. The molecule has 1 heterocycles. The molecule has 2 atom stereocenters. The second-order valence-electron chi connectivity index (χ2n) is 5.09. The van der Waals surface area contributed by atoms with E-state index in [9.17, 15) is 8.42 Å². The number of rotatable bonds is 2. The molecule has 1 aromatic rings. The molecule has 2 fully saturated rings. The lowest BCUT2D eigenvalue weighted by Gasteiger charge is -2.26. The first-order chi connectivity index (χ1) is 8.48. The van der Waals surface area contributed by atoms with Gasteiger partial charge in [0.2, 0.25) is 10.0 Å². The summed E-state index contributed by atoms with van der Waals surface area (Å²) in [5.41, 5.74) is 6.01. The minimum absolute atomic E-state index is 0.162. The Bertz CT molecular complexity index is 588. The molecule has 2 aliphatic rings. The van der Waals surface area contributed by atoms with Crippen LogP contribution in [0.1, 0.15) is 19.3 Å². The first-order valence-corrected chi connectivity index (χ1v) is 7.87. The van der Waals surface area contributed by atoms with Crippen LogP contribution in [0.5, 0.6) is 0 Å². The molecule has 1 saturated carbocycles. The fourth-order valence-corrected chi connectivity index (χ4v) is 5.08. The maximum Gasteiger partial charge on any atom is 0.245 e. The highest BCUT2D eigenvalue weighted by Crippen LogP contribution is 2.41. The van der Waals surface area contributed by atoms with Crippen molar-refractivity contribution in [2.24, 2.45) is 5.92 Å². The smallest absolute Gasteiger partial charge is 0.245 e. The van der Waals surface area contributed by atoms with Gasteiger partial charge >= 0.3 is 0 Å². The van der Waals surface area contributed by atoms with Crippen molar-refractivity contribution < 1.29 is 8.42 Å². The third-order valence-electron chi connectivity index (χ3n) is 3.92. The van der Waals surface area contributed by atoms with E-state index in [2.05, 4.69) is 0 Å². The Morgan fingerprint density at radius 1 is 1.33 bits per heavy atom. The van der Waals surface area contributed by atoms with E-state index in [0.29, 0.717) is 17.5 Å². The summed E-state index contributed by atoms with van der Waals surface area (Å²) in [6.07, 6.45) is 3.11. The van der Waals surface area contributed by atoms with Gasteiger partial charge in [0.25, 0.3) is 0 Å². The van der Waals surface area contributed by atoms with Crippen LogP contribution in [0.2, 0.25) is 5.02 Å². The van der Waals surface area contributed by atoms with Gasteiger partial charge in [0.1, 0.15) is 4.90 Å². The summed E-state index contributed by atoms with van der Waals surface area (Å²) in [6, 6.07) is 4.72. The zero-order valence-electron chi connectivity index (χ0n) is 9.84. The van der Waals surface area contributed by atoms with E-state index < -0.39 is 10.0 Å². The molecular formula is C12H15ClN2O2S. The summed E-state index contributed by atoms with van der Waals surface area (Å²) >= 11 is 5.80. The Morgan fingerprint density at radius 3 is 2.67 bits per heavy atom. The number of hydrogen-bond acceptors (Lipinski definition) is 3. The van der Waals surface area contributed by atoms with Crippen LogP contribution in [0.3, 0.4) is 0 Å². The minimum atomic E-state index is -3.47. The third kappa shape index (κ3) is 1.81. The number of fused-ring (bicyclic) bond motifs is 2. The van der Waals surface area contributed by atoms with Crippen molar-refractivity contribution in [1.82, 2.24) is 4.31 Å². The van der Waals surface area contributed by atoms with E-state index in [1.54, 1.807) is 10.4 Å². The number of nitrogen functional groups attached to an aromatic ring is 1. The molecule has 1 aliphatic heterocycles. The van der Waals surface area contributed by atoms with E-state index >= 15 is 0 Å². The van der Waals surface area contributed by atoms with Crippen molar-refractivity contribution >= 4 is 27.3 Å². The lowest BCUT2D eigenvalue weighted by molar-refractivity contribution is 0.333. The number of piperidine rings is 1. The average Bonchev–Trinajstić information content (AvgIpc) is 2.90. The maximum absolute atomic E-state index is 12.6. The van der Waals surface area contributed by atoms with Crippen molar-refractivity contribution in [3.05, 3.63) is 23.2 Å². The Balaban J connectivity index is 2.00. The maximum atomic E-state index is 12.6. The highest BCUT2D eigenvalue weighted by Gasteiger charge is 2.44. The van der Waals surface area contributed by atoms with Gasteiger partial charge in [-0.2, -0.15) is 4.31 Å². The van der Waals surface area contributed by atoms with Crippen molar-refractivity contribution in [2.75, 3.05) is 12.3 Å². The fraction of sp³-hybridized carbons (Fsp3) is 0.500. The van der Waals surface area contributed by atoms with Gasteiger partial charge < -0.3 is 5.73 Å².